The van der Waals surface area contributed by atoms with Crippen LogP contribution in [0.3, 0.4) is 0 Å². The SMILES string of the molecule is CSc1cc2c(Nc3cccc(-c4cccc(-c5cc(C)c(CNC[C@@H]6CCC(=O)N6)c(OC(F)F)n5)c4Cl)c3Cl)nccc2[nH]1. The minimum Gasteiger partial charge on any atom is -0.417 e. The van der Waals surface area contributed by atoms with Gasteiger partial charge in [-0.15, -0.1) is 11.8 Å². The van der Waals surface area contributed by atoms with Crippen molar-refractivity contribution >= 4 is 63.3 Å². The number of nitrogens with zero attached hydrogens (tertiary/aromatic N) is 2. The predicted molar refractivity (Wildman–Crippen MR) is 181 cm³/mol. The van der Waals surface area contributed by atoms with E-state index in [-0.39, 0.29) is 24.4 Å². The van der Waals surface area contributed by atoms with Crippen molar-refractivity contribution in [3.63, 3.8) is 0 Å². The van der Waals surface area contributed by atoms with Crippen LogP contribution >= 0.6 is 35.0 Å². The Balaban J connectivity index is 1.31. The first kappa shape index (κ1) is 32.1. The third kappa shape index (κ3) is 6.78. The molecule has 3 aromatic heterocycles. The van der Waals surface area contributed by atoms with E-state index in [2.05, 4.69) is 30.9 Å². The predicted octanol–water partition coefficient (Wildman–Crippen LogP) is 8.34. The van der Waals surface area contributed by atoms with Crippen LogP contribution in [0.2, 0.25) is 10.0 Å². The number of aromatic amines is 1. The second-order valence-electron chi connectivity index (χ2n) is 10.8. The number of nitrogens with one attached hydrogen (secondary N) is 4. The lowest BCUT2D eigenvalue weighted by atomic mass is 9.99. The summed E-state index contributed by atoms with van der Waals surface area (Å²) in [7, 11) is 0. The molecule has 5 aromatic rings. The Morgan fingerprint density at radius 1 is 1.09 bits per heavy atom. The minimum absolute atomic E-state index is 0.00630. The minimum atomic E-state index is -3.07. The van der Waals surface area contributed by atoms with Crippen LogP contribution in [0.25, 0.3) is 33.3 Å². The van der Waals surface area contributed by atoms with Gasteiger partial charge in [-0.1, -0.05) is 53.5 Å². The fourth-order valence-corrected chi connectivity index (χ4v) is 6.59. The third-order valence-corrected chi connectivity index (χ3v) is 9.32. The van der Waals surface area contributed by atoms with Gasteiger partial charge in [-0.3, -0.25) is 4.79 Å². The number of anilines is 2. The first-order valence-corrected chi connectivity index (χ1v) is 16.5. The van der Waals surface area contributed by atoms with Gasteiger partial charge in [0.1, 0.15) is 5.82 Å². The molecule has 46 heavy (non-hydrogen) atoms. The molecule has 0 spiro atoms. The molecule has 0 bridgehead atoms. The highest BCUT2D eigenvalue weighted by Gasteiger charge is 2.22. The molecular formula is C33H30Cl2F2N6O2S. The van der Waals surface area contributed by atoms with Crippen molar-refractivity contribution in [2.45, 2.75) is 44.0 Å². The summed E-state index contributed by atoms with van der Waals surface area (Å²) in [5.41, 5.74) is 5.02. The van der Waals surface area contributed by atoms with Gasteiger partial charge in [0.2, 0.25) is 11.8 Å². The number of pyridine rings is 2. The first-order chi connectivity index (χ1) is 22.2. The van der Waals surface area contributed by atoms with Crippen molar-refractivity contribution in [3.05, 3.63) is 82.0 Å². The Kier molecular flexibility index (Phi) is 9.65. The molecule has 1 fully saturated rings. The number of fused-ring (bicyclic) bond motifs is 1. The van der Waals surface area contributed by atoms with Gasteiger partial charge in [0.15, 0.2) is 0 Å². The maximum absolute atomic E-state index is 13.5. The van der Waals surface area contributed by atoms with Crippen LogP contribution in [0.4, 0.5) is 20.3 Å². The Bertz CT molecular complexity index is 1920. The van der Waals surface area contributed by atoms with Crippen molar-refractivity contribution < 1.29 is 18.3 Å². The van der Waals surface area contributed by atoms with E-state index in [0.717, 1.165) is 22.3 Å². The van der Waals surface area contributed by atoms with Gasteiger partial charge in [-0.05, 0) is 49.4 Å². The second kappa shape index (κ2) is 13.8. The van der Waals surface area contributed by atoms with E-state index in [9.17, 15) is 13.6 Å². The Morgan fingerprint density at radius 3 is 2.59 bits per heavy atom. The maximum Gasteiger partial charge on any atom is 0.388 e. The van der Waals surface area contributed by atoms with Crippen molar-refractivity contribution in [1.82, 2.24) is 25.6 Å². The molecule has 1 atom stereocenters. The molecule has 2 aromatic carbocycles. The smallest absolute Gasteiger partial charge is 0.388 e. The molecule has 6 rings (SSSR count). The Labute approximate surface area is 278 Å². The number of H-pyrrole nitrogens is 1. The zero-order valence-electron chi connectivity index (χ0n) is 24.9. The van der Waals surface area contributed by atoms with Gasteiger partial charge in [0.05, 0.1) is 32.0 Å². The van der Waals surface area contributed by atoms with Gasteiger partial charge >= 0.3 is 6.61 Å². The number of hydrogen-bond acceptors (Lipinski definition) is 7. The van der Waals surface area contributed by atoms with Crippen LogP contribution in [0.1, 0.15) is 24.0 Å². The summed E-state index contributed by atoms with van der Waals surface area (Å²) in [6.07, 6.45) is 4.92. The number of alkyl halides is 2. The lowest BCUT2D eigenvalue weighted by molar-refractivity contribution is -0.119. The highest BCUT2D eigenvalue weighted by atomic mass is 35.5. The molecule has 13 heteroatoms. The molecular weight excluding hydrogens is 653 g/mol. The van der Waals surface area contributed by atoms with Crippen molar-refractivity contribution in [2.24, 2.45) is 0 Å². The zero-order valence-corrected chi connectivity index (χ0v) is 27.2. The molecule has 4 heterocycles. The van der Waals surface area contributed by atoms with Crippen LogP contribution in [-0.4, -0.2) is 46.3 Å². The highest BCUT2D eigenvalue weighted by Crippen LogP contribution is 2.42. The molecule has 0 unspecified atom stereocenters. The standard InChI is InChI=1S/C33H30Cl2F2N6O2S/c1-17-13-26(43-32(45-33(36)37)23(17)16-38-15-18-9-10-27(44)40-18)21-7-3-5-19(29(21)34)20-6-4-8-25(30(20)35)42-31-22-14-28(46-2)41-24(22)11-12-39-31/h3-8,11-14,18,33,38,41H,9-10,15-16H2,1-2H3,(H,39,42)(H,40,44)/t18-/m0/s1. The maximum atomic E-state index is 13.5. The van der Waals surface area contributed by atoms with E-state index in [4.69, 9.17) is 27.9 Å². The van der Waals surface area contributed by atoms with Crippen LogP contribution in [0.5, 0.6) is 5.88 Å². The van der Waals surface area contributed by atoms with E-state index in [1.165, 1.54) is 0 Å². The van der Waals surface area contributed by atoms with Crippen LogP contribution < -0.4 is 20.7 Å². The summed E-state index contributed by atoms with van der Waals surface area (Å²) in [6, 6.07) is 16.8. The number of aryl methyl sites for hydroxylation is 1. The fourth-order valence-electron chi connectivity index (χ4n) is 5.55. The molecule has 1 aliphatic heterocycles. The number of thioether (sulfide) groups is 1. The molecule has 8 nitrogen and oxygen atoms in total. The van der Waals surface area contributed by atoms with Crippen LogP contribution in [0, 0.1) is 6.92 Å². The molecule has 0 aliphatic carbocycles. The summed E-state index contributed by atoms with van der Waals surface area (Å²) in [4.78, 5) is 23.9. The van der Waals surface area contributed by atoms with Gasteiger partial charge < -0.3 is 25.7 Å². The topological polar surface area (TPSA) is 104 Å². The number of ether oxygens (including phenoxy) is 1. The van der Waals surface area contributed by atoms with E-state index < -0.39 is 6.61 Å². The van der Waals surface area contributed by atoms with Crippen molar-refractivity contribution in [1.29, 1.82) is 0 Å². The number of benzene rings is 2. The van der Waals surface area contributed by atoms with E-state index in [0.29, 0.717) is 68.0 Å². The number of hydrogen-bond donors (Lipinski definition) is 4. The summed E-state index contributed by atoms with van der Waals surface area (Å²) in [6.45, 7) is -0.521. The van der Waals surface area contributed by atoms with E-state index >= 15 is 0 Å². The van der Waals surface area contributed by atoms with E-state index in [1.807, 2.05) is 55.6 Å². The average Bonchev–Trinajstić information content (AvgIpc) is 3.65. The number of amides is 1. The number of carbonyl (C=O) groups excluding carboxylic acids is 1. The Morgan fingerprint density at radius 2 is 1.85 bits per heavy atom. The van der Waals surface area contributed by atoms with E-state index in [1.54, 1.807) is 30.1 Å². The number of halogens is 4. The molecule has 4 N–H and O–H groups in total. The Hall–Kier alpha value is -3.90. The summed E-state index contributed by atoms with van der Waals surface area (Å²) >= 11 is 15.6. The monoisotopic (exact) mass is 682 g/mol. The summed E-state index contributed by atoms with van der Waals surface area (Å²) < 4.78 is 31.9. The lowest BCUT2D eigenvalue weighted by Gasteiger charge is -2.18. The average molecular weight is 684 g/mol. The molecule has 0 saturated carbocycles. The second-order valence-corrected chi connectivity index (χ2v) is 12.4. The number of rotatable bonds is 11. The molecule has 0 radical (unpaired) electrons. The lowest BCUT2D eigenvalue weighted by Crippen LogP contribution is -2.35. The van der Waals surface area contributed by atoms with Crippen LogP contribution in [-0.2, 0) is 11.3 Å². The zero-order chi connectivity index (χ0) is 32.4. The normalized spacial score (nSPS) is 14.7. The highest BCUT2D eigenvalue weighted by molar-refractivity contribution is 7.98. The molecule has 238 valence electrons. The number of carbonyl (C=O) groups is 1. The molecule has 1 saturated heterocycles. The van der Waals surface area contributed by atoms with Gasteiger partial charge in [-0.25, -0.2) is 9.97 Å². The first-order valence-electron chi connectivity index (χ1n) is 14.5. The van der Waals surface area contributed by atoms with Gasteiger partial charge in [0, 0.05) is 59.4 Å². The van der Waals surface area contributed by atoms with Gasteiger partial charge in [-0.2, -0.15) is 8.78 Å². The largest absolute Gasteiger partial charge is 0.417 e. The summed E-state index contributed by atoms with van der Waals surface area (Å²) in [5, 5.41) is 12.2. The van der Waals surface area contributed by atoms with Crippen molar-refractivity contribution in [3.8, 4) is 28.3 Å². The molecule has 1 amide bonds. The van der Waals surface area contributed by atoms with Crippen molar-refractivity contribution in [2.75, 3.05) is 18.1 Å². The summed E-state index contributed by atoms with van der Waals surface area (Å²) in [5.74, 6) is 0.478. The third-order valence-electron chi connectivity index (χ3n) is 7.85. The molecule has 1 aliphatic rings. The fraction of sp³-hybridized carbons (Fsp3) is 0.242. The number of aromatic nitrogens is 3. The van der Waals surface area contributed by atoms with Gasteiger partial charge in [0.25, 0.3) is 0 Å². The van der Waals surface area contributed by atoms with Crippen LogP contribution in [0.15, 0.2) is 65.8 Å². The quantitative estimate of drug-likeness (QED) is 0.104.